The summed E-state index contributed by atoms with van der Waals surface area (Å²) in [5, 5.41) is 0. The van der Waals surface area contributed by atoms with Crippen molar-refractivity contribution in [2.24, 2.45) is 0 Å². The van der Waals surface area contributed by atoms with Crippen LogP contribution in [0.2, 0.25) is 0 Å². The first kappa shape index (κ1) is 7.41. The van der Waals surface area contributed by atoms with Crippen molar-refractivity contribution in [3.05, 3.63) is 11.9 Å². The fraction of sp³-hybridized carbons (Fsp3) is 0.571. The van der Waals surface area contributed by atoms with Crippen LogP contribution >= 0.6 is 0 Å². The molecule has 1 atom stereocenters. The maximum absolute atomic E-state index is 12.5. The first-order chi connectivity index (χ1) is 4.61. The van der Waals surface area contributed by atoms with Crippen LogP contribution in [0.15, 0.2) is 11.9 Å². The molecule has 0 aromatic carbocycles. The Bertz CT molecular complexity index is 188. The van der Waals surface area contributed by atoms with Crippen LogP contribution in [0.3, 0.4) is 0 Å². The largest absolute Gasteiger partial charge is 0.298 e. The Morgan fingerprint density at radius 3 is 2.70 bits per heavy atom. The number of ketones is 1. The predicted molar refractivity (Wildman–Crippen MR) is 36.3 cm³/mol. The molecule has 1 heterocycles. The highest BCUT2D eigenvalue weighted by Gasteiger charge is 2.24. The normalized spacial score (nSPS) is 26.7. The molecule has 56 valence electrons. The Hall–Kier alpha value is -0.700. The summed E-state index contributed by atoms with van der Waals surface area (Å²) in [4.78, 5) is 12.4. The third-order valence-electron chi connectivity index (χ3n) is 1.63. The van der Waals surface area contributed by atoms with Crippen molar-refractivity contribution in [2.75, 3.05) is 13.6 Å². The van der Waals surface area contributed by atoms with Crippen molar-refractivity contribution in [1.29, 1.82) is 0 Å². The summed E-state index contributed by atoms with van der Waals surface area (Å²) in [6.07, 6.45) is 1.36. The van der Waals surface area contributed by atoms with Gasteiger partial charge in [-0.3, -0.25) is 9.69 Å². The van der Waals surface area contributed by atoms with Gasteiger partial charge in [-0.1, -0.05) is 0 Å². The number of nitrogens with zero attached hydrogens (tertiary/aromatic N) is 1. The second-order valence-corrected chi connectivity index (χ2v) is 2.58. The van der Waals surface area contributed by atoms with Crippen molar-refractivity contribution in [1.82, 2.24) is 4.90 Å². The van der Waals surface area contributed by atoms with Gasteiger partial charge < -0.3 is 0 Å². The van der Waals surface area contributed by atoms with Crippen LogP contribution in [-0.4, -0.2) is 30.3 Å². The Balaban J connectivity index is 2.69. The fourth-order valence-electron chi connectivity index (χ4n) is 1.12. The van der Waals surface area contributed by atoms with Crippen LogP contribution < -0.4 is 0 Å². The quantitative estimate of drug-likeness (QED) is 0.539. The maximum Gasteiger partial charge on any atom is 0.150 e. The molecular weight excluding hydrogens is 133 g/mol. The van der Waals surface area contributed by atoms with Gasteiger partial charge in [0.25, 0.3) is 0 Å². The van der Waals surface area contributed by atoms with E-state index in [0.717, 1.165) is 0 Å². The maximum atomic E-state index is 12.5. The third kappa shape index (κ3) is 1.24. The Morgan fingerprint density at radius 2 is 2.50 bits per heavy atom. The van der Waals surface area contributed by atoms with Crippen molar-refractivity contribution in [3.63, 3.8) is 0 Å². The number of hydrogen-bond acceptors (Lipinski definition) is 2. The molecule has 1 aliphatic heterocycles. The smallest absolute Gasteiger partial charge is 0.150 e. The molecule has 0 saturated carbocycles. The monoisotopic (exact) mass is 143 g/mol. The molecule has 0 aromatic heterocycles. The van der Waals surface area contributed by atoms with E-state index in [0.29, 0.717) is 0 Å². The molecule has 1 rings (SSSR count). The predicted octanol–water partition coefficient (Wildman–Crippen LogP) is 0.743. The zero-order chi connectivity index (χ0) is 7.72. The highest BCUT2D eigenvalue weighted by molar-refractivity contribution is 5.84. The van der Waals surface area contributed by atoms with Crippen LogP contribution in [0.5, 0.6) is 0 Å². The minimum atomic E-state index is -0.333. The Labute approximate surface area is 59.3 Å². The summed E-state index contributed by atoms with van der Waals surface area (Å²) in [6.45, 7) is 1.74. The second kappa shape index (κ2) is 2.50. The highest BCUT2D eigenvalue weighted by atomic mass is 19.1. The van der Waals surface area contributed by atoms with Gasteiger partial charge in [0.15, 0.2) is 5.78 Å². The van der Waals surface area contributed by atoms with E-state index in [1.165, 1.54) is 13.0 Å². The van der Waals surface area contributed by atoms with Gasteiger partial charge in [-0.15, -0.1) is 0 Å². The fourth-order valence-corrected chi connectivity index (χ4v) is 1.12. The zero-order valence-corrected chi connectivity index (χ0v) is 6.10. The Kier molecular flexibility index (Phi) is 1.85. The molecule has 0 saturated heterocycles. The van der Waals surface area contributed by atoms with Crippen molar-refractivity contribution in [3.8, 4) is 0 Å². The summed E-state index contributed by atoms with van der Waals surface area (Å²) in [6, 6.07) is -0.333. The standard InChI is InChI=1S/C7H10FNO/c1-5(10)7-3-6(8)4-9(7)2/h3,7H,4H2,1-2H3/t7-/m0/s1. The van der Waals surface area contributed by atoms with E-state index in [2.05, 4.69) is 0 Å². The van der Waals surface area contributed by atoms with Gasteiger partial charge in [-0.05, 0) is 20.0 Å². The summed E-state index contributed by atoms with van der Waals surface area (Å²) in [5.41, 5.74) is 0. The topological polar surface area (TPSA) is 20.3 Å². The minimum Gasteiger partial charge on any atom is -0.298 e. The van der Waals surface area contributed by atoms with E-state index >= 15 is 0 Å². The van der Waals surface area contributed by atoms with Crippen LogP contribution in [0.25, 0.3) is 0 Å². The molecule has 0 unspecified atom stereocenters. The van der Waals surface area contributed by atoms with Gasteiger partial charge in [0.2, 0.25) is 0 Å². The third-order valence-corrected chi connectivity index (χ3v) is 1.63. The number of carbonyl (C=O) groups excluding carboxylic acids is 1. The molecule has 0 aromatic rings. The lowest BCUT2D eigenvalue weighted by atomic mass is 10.2. The first-order valence-corrected chi connectivity index (χ1v) is 3.18. The van der Waals surface area contributed by atoms with Gasteiger partial charge in [0, 0.05) is 0 Å². The van der Waals surface area contributed by atoms with Gasteiger partial charge in [0.1, 0.15) is 5.83 Å². The Morgan fingerprint density at radius 1 is 1.90 bits per heavy atom. The molecule has 2 nitrogen and oxygen atoms in total. The molecule has 0 amide bonds. The molecule has 0 aliphatic carbocycles. The number of rotatable bonds is 1. The molecule has 3 heteroatoms. The van der Waals surface area contributed by atoms with E-state index in [9.17, 15) is 9.18 Å². The SMILES string of the molecule is CC(=O)[C@@H]1C=C(F)CN1C. The second-order valence-electron chi connectivity index (χ2n) is 2.58. The minimum absolute atomic E-state index is 0.00449. The average molecular weight is 143 g/mol. The molecule has 0 radical (unpaired) electrons. The van der Waals surface area contributed by atoms with Crippen LogP contribution in [0.4, 0.5) is 4.39 Å². The molecule has 0 bridgehead atoms. The van der Waals surface area contributed by atoms with E-state index in [1.54, 1.807) is 11.9 Å². The highest BCUT2D eigenvalue weighted by Crippen LogP contribution is 2.15. The van der Waals surface area contributed by atoms with E-state index in [-0.39, 0.29) is 24.2 Å². The van der Waals surface area contributed by atoms with Gasteiger partial charge in [-0.25, -0.2) is 4.39 Å². The van der Waals surface area contributed by atoms with Gasteiger partial charge in [-0.2, -0.15) is 0 Å². The van der Waals surface area contributed by atoms with Crippen LogP contribution in [0, 0.1) is 0 Å². The number of hydrogen-bond donors (Lipinski definition) is 0. The van der Waals surface area contributed by atoms with E-state index in [1.807, 2.05) is 0 Å². The average Bonchev–Trinajstić information content (AvgIpc) is 2.10. The lowest BCUT2D eigenvalue weighted by molar-refractivity contribution is -0.119. The van der Waals surface area contributed by atoms with Crippen molar-refractivity contribution < 1.29 is 9.18 Å². The lowest BCUT2D eigenvalue weighted by Crippen LogP contribution is -2.31. The zero-order valence-electron chi connectivity index (χ0n) is 6.10. The number of likely N-dealkylation sites (N-methyl/N-ethyl adjacent to an activating group) is 1. The van der Waals surface area contributed by atoms with Crippen LogP contribution in [-0.2, 0) is 4.79 Å². The molecule has 0 N–H and O–H groups in total. The lowest BCUT2D eigenvalue weighted by Gasteiger charge is -2.14. The summed E-state index contributed by atoms with van der Waals surface area (Å²) >= 11 is 0. The van der Waals surface area contributed by atoms with Crippen LogP contribution in [0.1, 0.15) is 6.92 Å². The van der Waals surface area contributed by atoms with E-state index in [4.69, 9.17) is 0 Å². The number of carbonyl (C=O) groups is 1. The number of halogens is 1. The molecule has 10 heavy (non-hydrogen) atoms. The summed E-state index contributed by atoms with van der Waals surface area (Å²) in [5.74, 6) is -0.210. The van der Waals surface area contributed by atoms with Gasteiger partial charge in [0.05, 0.1) is 12.6 Å². The molecule has 1 aliphatic rings. The number of Topliss-reactive ketones (excluding diaryl/α,β-unsaturated/α-hetero) is 1. The molecular formula is C7H10FNO. The molecule has 0 spiro atoms. The summed E-state index contributed by atoms with van der Waals surface area (Å²) in [7, 11) is 1.73. The summed E-state index contributed by atoms with van der Waals surface area (Å²) < 4.78 is 12.5. The van der Waals surface area contributed by atoms with Crippen molar-refractivity contribution in [2.45, 2.75) is 13.0 Å². The molecule has 0 fully saturated rings. The first-order valence-electron chi connectivity index (χ1n) is 3.18. The van der Waals surface area contributed by atoms with Gasteiger partial charge >= 0.3 is 0 Å². The van der Waals surface area contributed by atoms with E-state index < -0.39 is 0 Å². The van der Waals surface area contributed by atoms with Crippen molar-refractivity contribution >= 4 is 5.78 Å².